The number of fused-ring (bicyclic) bond motifs is 2. The summed E-state index contributed by atoms with van der Waals surface area (Å²) in [7, 11) is -3.26. The van der Waals surface area contributed by atoms with Crippen molar-refractivity contribution in [2.45, 2.75) is 24.5 Å². The van der Waals surface area contributed by atoms with Gasteiger partial charge in [-0.1, -0.05) is 0 Å². The summed E-state index contributed by atoms with van der Waals surface area (Å²) in [5.41, 5.74) is -0.373. The van der Waals surface area contributed by atoms with E-state index in [0.717, 1.165) is 19.1 Å². The van der Waals surface area contributed by atoms with Crippen LogP contribution in [0, 0.1) is 11.8 Å². The molecule has 3 aliphatic heterocycles. The molecule has 11 heteroatoms. The molecule has 5 rings (SSSR count). The molecule has 0 radical (unpaired) electrons. The number of nitrogens with zero attached hydrogens (tertiary/aromatic N) is 5. The third kappa shape index (κ3) is 2.72. The fourth-order valence-electron chi connectivity index (χ4n) is 4.83. The van der Waals surface area contributed by atoms with Gasteiger partial charge in [-0.3, -0.25) is 4.79 Å². The second-order valence-corrected chi connectivity index (χ2v) is 9.47. The highest BCUT2D eigenvalue weighted by atomic mass is 32.2. The molecule has 1 spiro atoms. The molecule has 0 saturated carbocycles. The van der Waals surface area contributed by atoms with E-state index in [2.05, 4.69) is 19.8 Å². The maximum atomic E-state index is 12.9. The topological polar surface area (TPSA) is 119 Å². The summed E-state index contributed by atoms with van der Waals surface area (Å²) in [5, 5.41) is 4.22. The number of hydrogen-bond acceptors (Lipinski definition) is 7. The highest BCUT2D eigenvalue weighted by molar-refractivity contribution is 7.88. The normalized spacial score (nSPS) is 32.3. The summed E-state index contributed by atoms with van der Waals surface area (Å²) >= 11 is 0. The van der Waals surface area contributed by atoms with Gasteiger partial charge in [-0.15, -0.1) is 5.10 Å². The van der Waals surface area contributed by atoms with E-state index in [-0.39, 0.29) is 35.3 Å². The number of sulfonamides is 1. The number of hydrogen-bond donors (Lipinski definition) is 1. The van der Waals surface area contributed by atoms with E-state index in [1.807, 2.05) is 0 Å². The van der Waals surface area contributed by atoms with Crippen LogP contribution in [0.15, 0.2) is 18.5 Å². The monoisotopic (exact) mass is 392 g/mol. The molecular formula is C16H20N6O4S. The molecular weight excluding hydrogens is 372 g/mol. The number of carbonyl (C=O) groups is 1. The molecule has 3 saturated heterocycles. The Labute approximate surface area is 156 Å². The van der Waals surface area contributed by atoms with Gasteiger partial charge in [-0.25, -0.2) is 22.6 Å². The van der Waals surface area contributed by atoms with E-state index >= 15 is 0 Å². The van der Waals surface area contributed by atoms with Crippen LogP contribution in [0.5, 0.6) is 0 Å². The second kappa shape index (κ2) is 5.69. The summed E-state index contributed by atoms with van der Waals surface area (Å²) in [6, 6.07) is 1.72. The lowest BCUT2D eigenvalue weighted by Crippen LogP contribution is -2.41. The van der Waals surface area contributed by atoms with Gasteiger partial charge in [0.15, 0.2) is 0 Å². The van der Waals surface area contributed by atoms with Gasteiger partial charge in [0.2, 0.25) is 15.8 Å². The first-order valence-electron chi connectivity index (χ1n) is 8.94. The van der Waals surface area contributed by atoms with Crippen molar-refractivity contribution in [2.75, 3.05) is 25.9 Å². The Kier molecular flexibility index (Phi) is 3.59. The molecule has 1 N–H and O–H groups in total. The van der Waals surface area contributed by atoms with E-state index < -0.39 is 10.0 Å². The fourth-order valence-corrected chi connectivity index (χ4v) is 5.33. The summed E-state index contributed by atoms with van der Waals surface area (Å²) in [6.07, 6.45) is 6.29. The standard InChI is InChI=1S/C16H20N6O4S/c1-27(24,25)18-7-10-11-8-21(9-16(11)4-3-12(10)26-16)14(23)13-19-15-17-5-2-6-22(15)20-13/h2,5-6,10-12,18H,3-4,7-9H2,1H3/t10-,11+,12+,16+/m0/s1. The van der Waals surface area contributed by atoms with Crippen LogP contribution in [0.3, 0.4) is 0 Å². The van der Waals surface area contributed by atoms with Gasteiger partial charge in [-0.2, -0.15) is 4.98 Å². The van der Waals surface area contributed by atoms with Crippen LogP contribution in [-0.4, -0.2) is 76.4 Å². The van der Waals surface area contributed by atoms with Gasteiger partial charge in [0.05, 0.1) is 24.5 Å². The van der Waals surface area contributed by atoms with Crippen LogP contribution < -0.4 is 4.72 Å². The average Bonchev–Trinajstić information content (AvgIpc) is 3.36. The van der Waals surface area contributed by atoms with Crippen molar-refractivity contribution >= 4 is 21.7 Å². The van der Waals surface area contributed by atoms with E-state index in [4.69, 9.17) is 4.74 Å². The van der Waals surface area contributed by atoms with Crippen LogP contribution in [0.2, 0.25) is 0 Å². The Balaban J connectivity index is 1.37. The molecule has 3 fully saturated rings. The van der Waals surface area contributed by atoms with Crippen molar-refractivity contribution < 1.29 is 17.9 Å². The Bertz CT molecular complexity index is 990. The van der Waals surface area contributed by atoms with Gasteiger partial charge in [0.1, 0.15) is 0 Å². The van der Waals surface area contributed by atoms with Crippen molar-refractivity contribution in [1.29, 1.82) is 0 Å². The number of amides is 1. The number of rotatable bonds is 4. The molecule has 2 aromatic heterocycles. The lowest BCUT2D eigenvalue weighted by Gasteiger charge is -2.29. The third-order valence-electron chi connectivity index (χ3n) is 5.96. The van der Waals surface area contributed by atoms with Crippen molar-refractivity contribution in [2.24, 2.45) is 11.8 Å². The maximum Gasteiger partial charge on any atom is 0.293 e. The molecule has 1 amide bonds. The predicted molar refractivity (Wildman–Crippen MR) is 93.4 cm³/mol. The number of carbonyl (C=O) groups excluding carboxylic acids is 1. The van der Waals surface area contributed by atoms with Gasteiger partial charge >= 0.3 is 0 Å². The van der Waals surface area contributed by atoms with Crippen LogP contribution in [0.1, 0.15) is 23.5 Å². The Hall–Kier alpha value is -2.11. The molecule has 5 heterocycles. The van der Waals surface area contributed by atoms with Crippen molar-refractivity contribution in [3.8, 4) is 0 Å². The van der Waals surface area contributed by atoms with E-state index in [0.29, 0.717) is 25.4 Å². The van der Waals surface area contributed by atoms with Crippen LogP contribution in [0.4, 0.5) is 0 Å². The summed E-state index contributed by atoms with van der Waals surface area (Å²) in [5.74, 6) is 0.439. The van der Waals surface area contributed by atoms with E-state index in [1.54, 1.807) is 23.4 Å². The Morgan fingerprint density at radius 2 is 2.33 bits per heavy atom. The minimum absolute atomic E-state index is 0.0546. The average molecular weight is 392 g/mol. The predicted octanol–water partition coefficient (Wildman–Crippen LogP) is -0.707. The van der Waals surface area contributed by atoms with E-state index in [9.17, 15) is 13.2 Å². The summed E-state index contributed by atoms with van der Waals surface area (Å²) in [4.78, 5) is 23.0. The molecule has 144 valence electrons. The molecule has 0 aromatic carbocycles. The quantitative estimate of drug-likeness (QED) is 0.730. The molecule has 10 nitrogen and oxygen atoms in total. The molecule has 2 bridgehead atoms. The third-order valence-corrected chi connectivity index (χ3v) is 6.65. The highest BCUT2D eigenvalue weighted by Gasteiger charge is 2.63. The van der Waals surface area contributed by atoms with Gasteiger partial charge in [-0.05, 0) is 18.9 Å². The molecule has 3 aliphatic rings. The molecule has 0 unspecified atom stereocenters. The first-order chi connectivity index (χ1) is 12.8. The first kappa shape index (κ1) is 17.0. The number of nitrogens with one attached hydrogen (secondary N) is 1. The summed E-state index contributed by atoms with van der Waals surface area (Å²) < 4.78 is 33.3. The maximum absolute atomic E-state index is 12.9. The minimum atomic E-state index is -3.26. The smallest absolute Gasteiger partial charge is 0.293 e. The second-order valence-electron chi connectivity index (χ2n) is 7.64. The highest BCUT2D eigenvalue weighted by Crippen LogP contribution is 2.54. The Morgan fingerprint density at radius 3 is 3.11 bits per heavy atom. The van der Waals surface area contributed by atoms with Crippen LogP contribution >= 0.6 is 0 Å². The molecule has 0 aliphatic carbocycles. The van der Waals surface area contributed by atoms with Crippen molar-refractivity contribution in [3.63, 3.8) is 0 Å². The zero-order valence-corrected chi connectivity index (χ0v) is 15.6. The molecule has 2 aromatic rings. The Morgan fingerprint density at radius 1 is 1.48 bits per heavy atom. The molecule has 4 atom stereocenters. The van der Waals surface area contributed by atoms with Crippen LogP contribution in [-0.2, 0) is 14.8 Å². The zero-order chi connectivity index (χ0) is 18.8. The van der Waals surface area contributed by atoms with Crippen LogP contribution in [0.25, 0.3) is 5.78 Å². The fraction of sp³-hybridized carbons (Fsp3) is 0.625. The lowest BCUT2D eigenvalue weighted by molar-refractivity contribution is 0.00313. The van der Waals surface area contributed by atoms with Gasteiger partial charge < -0.3 is 9.64 Å². The minimum Gasteiger partial charge on any atom is -0.369 e. The largest absolute Gasteiger partial charge is 0.369 e. The lowest BCUT2D eigenvalue weighted by atomic mass is 9.74. The number of aromatic nitrogens is 4. The van der Waals surface area contributed by atoms with Crippen molar-refractivity contribution in [1.82, 2.24) is 29.2 Å². The van der Waals surface area contributed by atoms with E-state index in [1.165, 1.54) is 4.52 Å². The zero-order valence-electron chi connectivity index (χ0n) is 14.8. The summed E-state index contributed by atoms with van der Waals surface area (Å²) in [6.45, 7) is 1.36. The van der Waals surface area contributed by atoms with Gasteiger partial charge in [0.25, 0.3) is 11.7 Å². The molecule has 27 heavy (non-hydrogen) atoms. The van der Waals surface area contributed by atoms with Gasteiger partial charge in [0, 0.05) is 37.3 Å². The first-order valence-corrected chi connectivity index (χ1v) is 10.8. The number of likely N-dealkylation sites (tertiary alicyclic amines) is 1. The SMILES string of the molecule is CS(=O)(=O)NC[C@H]1[C@H]2CN(C(=O)c3nc4ncccn4n3)C[C@]23CC[C@H]1O3. The van der Waals surface area contributed by atoms with Crippen molar-refractivity contribution in [3.05, 3.63) is 24.3 Å². The number of ether oxygens (including phenoxy) is 1.